The number of ether oxygens (including phenoxy) is 2. The van der Waals surface area contributed by atoms with Crippen LogP contribution in [0.15, 0.2) is 46.1 Å². The Balaban J connectivity index is 0.00000306. The van der Waals surface area contributed by atoms with Crippen molar-refractivity contribution in [1.82, 2.24) is 20.3 Å². The second-order valence-electron chi connectivity index (χ2n) is 8.36. The van der Waals surface area contributed by atoms with Gasteiger partial charge in [0.05, 0.1) is 24.9 Å². The van der Waals surface area contributed by atoms with Gasteiger partial charge in [0.2, 0.25) is 0 Å². The molecular formula is C24H36IN5O3. The molecule has 0 amide bonds. The monoisotopic (exact) mass is 569 g/mol. The minimum atomic E-state index is 0. The normalized spacial score (nSPS) is 18.2. The molecule has 2 aromatic rings. The van der Waals surface area contributed by atoms with Crippen LogP contribution in [0.5, 0.6) is 0 Å². The van der Waals surface area contributed by atoms with Crippen LogP contribution in [0, 0.1) is 0 Å². The first-order valence-corrected chi connectivity index (χ1v) is 11.7. The summed E-state index contributed by atoms with van der Waals surface area (Å²) in [6, 6.07) is 10.6. The van der Waals surface area contributed by atoms with Crippen LogP contribution >= 0.6 is 24.0 Å². The Kier molecular flexibility index (Phi) is 10.9. The van der Waals surface area contributed by atoms with Gasteiger partial charge in [0.15, 0.2) is 5.96 Å². The van der Waals surface area contributed by atoms with Crippen LogP contribution in [-0.2, 0) is 29.2 Å². The molecule has 1 N–H and O–H groups in total. The van der Waals surface area contributed by atoms with Gasteiger partial charge in [-0.15, -0.1) is 24.0 Å². The van der Waals surface area contributed by atoms with Gasteiger partial charge in [0.1, 0.15) is 6.26 Å². The van der Waals surface area contributed by atoms with Crippen molar-refractivity contribution < 1.29 is 14.0 Å². The van der Waals surface area contributed by atoms with E-state index in [4.69, 9.17) is 19.0 Å². The third-order valence-corrected chi connectivity index (χ3v) is 5.97. The summed E-state index contributed by atoms with van der Waals surface area (Å²) in [4.78, 5) is 9.65. The van der Waals surface area contributed by atoms with Crippen molar-refractivity contribution in [3.63, 3.8) is 0 Å². The maximum atomic E-state index is 6.02. The molecule has 8 nitrogen and oxygen atoms in total. The predicted molar refractivity (Wildman–Crippen MR) is 139 cm³/mol. The van der Waals surface area contributed by atoms with E-state index in [1.807, 2.05) is 6.07 Å². The SMILES string of the molecule is CCNC(=NCc1ccc(COC2CCOCC2)cc1)N1CCN(Cc2ccon2)CC1.I. The standard InChI is InChI=1S/C24H35N5O3.HI/c1-2-25-24(29-12-10-28(11-13-29)18-22-7-16-32-27-22)26-17-20-3-5-21(6-4-20)19-31-23-8-14-30-15-9-23;/h3-7,16,23H,2,8-15,17-19H2,1H3,(H,25,26);1H. The maximum Gasteiger partial charge on any atom is 0.194 e. The van der Waals surface area contributed by atoms with Crippen molar-refractivity contribution >= 4 is 29.9 Å². The lowest BCUT2D eigenvalue weighted by atomic mass is 10.1. The molecule has 2 fully saturated rings. The van der Waals surface area contributed by atoms with Gasteiger partial charge < -0.3 is 24.2 Å². The molecule has 0 saturated carbocycles. The smallest absolute Gasteiger partial charge is 0.194 e. The summed E-state index contributed by atoms with van der Waals surface area (Å²) in [6.07, 6.45) is 3.95. The predicted octanol–water partition coefficient (Wildman–Crippen LogP) is 3.27. The summed E-state index contributed by atoms with van der Waals surface area (Å²) in [6.45, 7) is 10.6. The lowest BCUT2D eigenvalue weighted by Crippen LogP contribution is -2.52. The van der Waals surface area contributed by atoms with Crippen LogP contribution in [-0.4, -0.2) is 73.0 Å². The Morgan fingerprint density at radius 3 is 2.48 bits per heavy atom. The van der Waals surface area contributed by atoms with Crippen LogP contribution in [0.3, 0.4) is 0 Å². The zero-order valence-electron chi connectivity index (χ0n) is 19.4. The molecule has 0 radical (unpaired) electrons. The number of hydrogen-bond acceptors (Lipinski definition) is 6. The highest BCUT2D eigenvalue weighted by Gasteiger charge is 2.20. The highest BCUT2D eigenvalue weighted by molar-refractivity contribution is 14.0. The molecule has 2 saturated heterocycles. The maximum absolute atomic E-state index is 6.02. The molecule has 0 aliphatic carbocycles. The summed E-state index contributed by atoms with van der Waals surface area (Å²) in [5.74, 6) is 0.987. The van der Waals surface area contributed by atoms with E-state index in [2.05, 4.69) is 51.5 Å². The Hall–Kier alpha value is -1.69. The van der Waals surface area contributed by atoms with Gasteiger partial charge in [-0.05, 0) is 30.9 Å². The van der Waals surface area contributed by atoms with E-state index in [1.54, 1.807) is 6.26 Å². The molecule has 1 aromatic heterocycles. The minimum absolute atomic E-state index is 0. The first-order chi connectivity index (χ1) is 15.8. The van der Waals surface area contributed by atoms with E-state index < -0.39 is 0 Å². The quantitative estimate of drug-likeness (QED) is 0.297. The number of rotatable bonds is 8. The lowest BCUT2D eigenvalue weighted by molar-refractivity contribution is -0.0390. The fourth-order valence-electron chi connectivity index (χ4n) is 4.06. The largest absolute Gasteiger partial charge is 0.381 e. The van der Waals surface area contributed by atoms with Crippen LogP contribution < -0.4 is 5.32 Å². The highest BCUT2D eigenvalue weighted by atomic mass is 127. The highest BCUT2D eigenvalue weighted by Crippen LogP contribution is 2.14. The van der Waals surface area contributed by atoms with Crippen molar-refractivity contribution in [2.75, 3.05) is 45.9 Å². The molecule has 182 valence electrons. The molecule has 4 rings (SSSR count). The lowest BCUT2D eigenvalue weighted by Gasteiger charge is -2.36. The molecule has 9 heteroatoms. The fraction of sp³-hybridized carbons (Fsp3) is 0.583. The number of aliphatic imine (C=N–C) groups is 1. The topological polar surface area (TPSA) is 75.4 Å². The third kappa shape index (κ3) is 8.24. The average molecular weight is 569 g/mol. The minimum Gasteiger partial charge on any atom is -0.381 e. The summed E-state index contributed by atoms with van der Waals surface area (Å²) < 4.78 is 16.4. The number of guanidine groups is 1. The molecule has 3 heterocycles. The zero-order chi connectivity index (χ0) is 22.0. The van der Waals surface area contributed by atoms with Crippen LogP contribution in [0.4, 0.5) is 0 Å². The van der Waals surface area contributed by atoms with E-state index >= 15 is 0 Å². The Labute approximate surface area is 213 Å². The van der Waals surface area contributed by atoms with Gasteiger partial charge in [0, 0.05) is 58.5 Å². The van der Waals surface area contributed by atoms with Gasteiger partial charge >= 0.3 is 0 Å². The van der Waals surface area contributed by atoms with Gasteiger partial charge in [-0.1, -0.05) is 29.4 Å². The molecule has 0 atom stereocenters. The third-order valence-electron chi connectivity index (χ3n) is 5.97. The summed E-state index contributed by atoms with van der Waals surface area (Å²) in [7, 11) is 0. The number of hydrogen-bond donors (Lipinski definition) is 1. The molecule has 0 unspecified atom stereocenters. The fourth-order valence-corrected chi connectivity index (χ4v) is 4.06. The van der Waals surface area contributed by atoms with Crippen molar-refractivity contribution in [3.8, 4) is 0 Å². The number of nitrogens with zero attached hydrogens (tertiary/aromatic N) is 4. The van der Waals surface area contributed by atoms with Crippen molar-refractivity contribution in [2.45, 2.75) is 45.6 Å². The Morgan fingerprint density at radius 2 is 1.82 bits per heavy atom. The number of halogens is 1. The Bertz CT molecular complexity index is 817. The van der Waals surface area contributed by atoms with Crippen LogP contribution in [0.1, 0.15) is 36.6 Å². The first-order valence-electron chi connectivity index (χ1n) is 11.7. The van der Waals surface area contributed by atoms with Crippen molar-refractivity contribution in [3.05, 3.63) is 53.4 Å². The van der Waals surface area contributed by atoms with E-state index in [-0.39, 0.29) is 24.0 Å². The number of piperazine rings is 1. The van der Waals surface area contributed by atoms with Crippen molar-refractivity contribution in [2.24, 2.45) is 4.99 Å². The number of nitrogens with one attached hydrogen (secondary N) is 1. The molecule has 2 aliphatic heterocycles. The molecule has 2 aliphatic rings. The second kappa shape index (κ2) is 13.9. The summed E-state index contributed by atoms with van der Waals surface area (Å²) in [5, 5.41) is 7.47. The summed E-state index contributed by atoms with van der Waals surface area (Å²) in [5.41, 5.74) is 3.40. The van der Waals surface area contributed by atoms with Gasteiger partial charge in [-0.2, -0.15) is 0 Å². The van der Waals surface area contributed by atoms with E-state index in [0.717, 1.165) is 77.0 Å². The summed E-state index contributed by atoms with van der Waals surface area (Å²) >= 11 is 0. The molecule has 33 heavy (non-hydrogen) atoms. The number of aromatic nitrogens is 1. The number of benzene rings is 1. The van der Waals surface area contributed by atoms with Gasteiger partial charge in [-0.3, -0.25) is 4.90 Å². The molecule has 1 aromatic carbocycles. The van der Waals surface area contributed by atoms with Gasteiger partial charge in [-0.25, -0.2) is 4.99 Å². The second-order valence-corrected chi connectivity index (χ2v) is 8.36. The van der Waals surface area contributed by atoms with Crippen LogP contribution in [0.25, 0.3) is 0 Å². The first kappa shape index (κ1) is 25.9. The van der Waals surface area contributed by atoms with E-state index in [1.165, 1.54) is 11.1 Å². The van der Waals surface area contributed by atoms with Crippen molar-refractivity contribution in [1.29, 1.82) is 0 Å². The van der Waals surface area contributed by atoms with E-state index in [0.29, 0.717) is 19.3 Å². The average Bonchev–Trinajstić information content (AvgIpc) is 3.35. The molecule has 0 spiro atoms. The van der Waals surface area contributed by atoms with E-state index in [9.17, 15) is 0 Å². The van der Waals surface area contributed by atoms with Gasteiger partial charge in [0.25, 0.3) is 0 Å². The Morgan fingerprint density at radius 1 is 1.09 bits per heavy atom. The molecule has 0 bridgehead atoms. The zero-order valence-corrected chi connectivity index (χ0v) is 21.8. The van der Waals surface area contributed by atoms with Crippen LogP contribution in [0.2, 0.25) is 0 Å². The molecular weight excluding hydrogens is 533 g/mol.